The molecule has 0 bridgehead atoms. The molecule has 1 aliphatic rings. The molecule has 0 atom stereocenters. The fraction of sp³-hybridized carbons (Fsp3) is 0.667. The Balaban J connectivity index is 2.30. The van der Waals surface area contributed by atoms with Gasteiger partial charge in [-0.25, -0.2) is 8.42 Å². The molecule has 0 radical (unpaired) electrons. The molecule has 1 fully saturated rings. The van der Waals surface area contributed by atoms with Crippen molar-refractivity contribution >= 4 is 26.0 Å². The molecule has 2 rings (SSSR count). The number of sulfonamides is 1. The molecule has 0 aromatic carbocycles. The molecule has 1 aliphatic heterocycles. The zero-order valence-electron chi connectivity index (χ0n) is 11.4. The molecule has 0 spiro atoms. The van der Waals surface area contributed by atoms with Gasteiger partial charge in [-0.15, -0.1) is 0 Å². The maximum atomic E-state index is 12.6. The molecular formula is C12H19BrN2O3S. The second-order valence-corrected chi connectivity index (χ2v) is 8.26. The van der Waals surface area contributed by atoms with Crippen LogP contribution in [0.4, 0.5) is 0 Å². The van der Waals surface area contributed by atoms with Crippen LogP contribution < -0.4 is 5.32 Å². The Bertz CT molecular complexity index is 566. The monoisotopic (exact) mass is 350 g/mol. The van der Waals surface area contributed by atoms with Crippen LogP contribution in [0.1, 0.15) is 26.0 Å². The van der Waals surface area contributed by atoms with Gasteiger partial charge in [0.1, 0.15) is 10.7 Å². The van der Waals surface area contributed by atoms with Crippen LogP contribution >= 0.6 is 15.9 Å². The van der Waals surface area contributed by atoms with E-state index in [1.165, 1.54) is 4.31 Å². The Morgan fingerprint density at radius 1 is 1.53 bits per heavy atom. The van der Waals surface area contributed by atoms with Gasteiger partial charge in [0.15, 0.2) is 4.67 Å². The average molecular weight is 351 g/mol. The third-order valence-corrected chi connectivity index (χ3v) is 6.02. The number of halogens is 1. The van der Waals surface area contributed by atoms with Crippen LogP contribution in [0.3, 0.4) is 0 Å². The first-order valence-corrected chi connectivity index (χ1v) is 8.42. The second kappa shape index (κ2) is 5.20. The molecule has 19 heavy (non-hydrogen) atoms. The van der Waals surface area contributed by atoms with E-state index in [2.05, 4.69) is 35.1 Å². The van der Waals surface area contributed by atoms with Crippen LogP contribution in [0.2, 0.25) is 0 Å². The van der Waals surface area contributed by atoms with Gasteiger partial charge < -0.3 is 9.73 Å². The molecule has 0 aliphatic carbocycles. The zero-order valence-corrected chi connectivity index (χ0v) is 13.8. The van der Waals surface area contributed by atoms with Gasteiger partial charge in [-0.2, -0.15) is 4.31 Å². The van der Waals surface area contributed by atoms with Gasteiger partial charge in [-0.05, 0) is 34.8 Å². The Labute approximate surface area is 122 Å². The van der Waals surface area contributed by atoms with E-state index < -0.39 is 10.0 Å². The summed E-state index contributed by atoms with van der Waals surface area (Å²) >= 11 is 3.20. The summed E-state index contributed by atoms with van der Waals surface area (Å²) in [6.07, 6.45) is 0.880. The molecule has 2 heterocycles. The van der Waals surface area contributed by atoms with E-state index in [1.807, 2.05) is 0 Å². The van der Waals surface area contributed by atoms with Gasteiger partial charge in [-0.3, -0.25) is 0 Å². The van der Waals surface area contributed by atoms with Gasteiger partial charge in [0.2, 0.25) is 10.0 Å². The molecule has 1 aromatic heterocycles. The number of nitrogens with zero attached hydrogens (tertiary/aromatic N) is 1. The second-order valence-electron chi connectivity index (χ2n) is 5.63. The molecule has 1 N–H and O–H groups in total. The minimum atomic E-state index is -3.47. The van der Waals surface area contributed by atoms with E-state index in [9.17, 15) is 8.42 Å². The summed E-state index contributed by atoms with van der Waals surface area (Å²) < 4.78 is 32.4. The summed E-state index contributed by atoms with van der Waals surface area (Å²) in [5.74, 6) is 0.603. The molecule has 1 aromatic rings. The van der Waals surface area contributed by atoms with Crippen LogP contribution in [0.5, 0.6) is 0 Å². The molecule has 0 amide bonds. The van der Waals surface area contributed by atoms with Crippen molar-refractivity contribution in [1.29, 1.82) is 0 Å². The van der Waals surface area contributed by atoms with E-state index in [0.717, 1.165) is 6.42 Å². The first kappa shape index (κ1) is 15.0. The minimum Gasteiger partial charge on any atom is -0.452 e. The maximum Gasteiger partial charge on any atom is 0.247 e. The Morgan fingerprint density at radius 2 is 2.21 bits per heavy atom. The summed E-state index contributed by atoms with van der Waals surface area (Å²) in [5, 5.41) is 2.94. The Morgan fingerprint density at radius 3 is 2.74 bits per heavy atom. The first-order chi connectivity index (χ1) is 8.76. The lowest BCUT2D eigenvalue weighted by molar-refractivity contribution is 0.375. The number of nitrogens with one attached hydrogen (secondary N) is 1. The molecule has 7 heteroatoms. The quantitative estimate of drug-likeness (QED) is 0.903. The molecule has 0 saturated carbocycles. The topological polar surface area (TPSA) is 62.6 Å². The number of furan rings is 1. The van der Waals surface area contributed by atoms with Crippen molar-refractivity contribution in [2.45, 2.75) is 31.7 Å². The van der Waals surface area contributed by atoms with Crippen molar-refractivity contribution in [3.05, 3.63) is 16.5 Å². The van der Waals surface area contributed by atoms with Gasteiger partial charge in [-0.1, -0.05) is 13.8 Å². The first-order valence-electron chi connectivity index (χ1n) is 6.19. The number of hydrogen-bond donors (Lipinski definition) is 1. The molecule has 0 unspecified atom stereocenters. The fourth-order valence-electron chi connectivity index (χ4n) is 2.24. The lowest BCUT2D eigenvalue weighted by atomic mass is 9.93. The minimum absolute atomic E-state index is 0.0388. The highest BCUT2D eigenvalue weighted by atomic mass is 79.9. The van der Waals surface area contributed by atoms with Gasteiger partial charge >= 0.3 is 0 Å². The van der Waals surface area contributed by atoms with E-state index in [4.69, 9.17) is 4.42 Å². The van der Waals surface area contributed by atoms with Crippen molar-refractivity contribution in [3.63, 3.8) is 0 Å². The van der Waals surface area contributed by atoms with Gasteiger partial charge in [0, 0.05) is 19.2 Å². The largest absolute Gasteiger partial charge is 0.452 e. The van der Waals surface area contributed by atoms with E-state index in [1.54, 1.807) is 13.1 Å². The highest BCUT2D eigenvalue weighted by Crippen LogP contribution is 2.35. The normalized spacial score (nSPS) is 20.0. The zero-order chi connectivity index (χ0) is 14.3. The summed E-state index contributed by atoms with van der Waals surface area (Å²) in [7, 11) is -1.69. The van der Waals surface area contributed by atoms with Crippen molar-refractivity contribution in [2.24, 2.45) is 5.41 Å². The lowest BCUT2D eigenvalue weighted by Crippen LogP contribution is -2.30. The Kier molecular flexibility index (Phi) is 4.11. The fourth-order valence-corrected chi connectivity index (χ4v) is 4.83. The number of rotatable bonds is 4. The van der Waals surface area contributed by atoms with Crippen LogP contribution in [0.25, 0.3) is 0 Å². The third kappa shape index (κ3) is 3.04. The molecule has 5 nitrogen and oxygen atoms in total. The highest BCUT2D eigenvalue weighted by Gasteiger charge is 2.38. The van der Waals surface area contributed by atoms with Crippen LogP contribution in [0.15, 0.2) is 20.0 Å². The van der Waals surface area contributed by atoms with Crippen molar-refractivity contribution in [1.82, 2.24) is 9.62 Å². The van der Waals surface area contributed by atoms with Crippen molar-refractivity contribution < 1.29 is 12.8 Å². The van der Waals surface area contributed by atoms with Crippen LogP contribution in [-0.4, -0.2) is 32.9 Å². The van der Waals surface area contributed by atoms with Crippen LogP contribution in [0, 0.1) is 5.41 Å². The average Bonchev–Trinajstić information content (AvgIpc) is 2.83. The van der Waals surface area contributed by atoms with Crippen LogP contribution in [-0.2, 0) is 16.6 Å². The summed E-state index contributed by atoms with van der Waals surface area (Å²) in [4.78, 5) is 0.218. The highest BCUT2D eigenvalue weighted by molar-refractivity contribution is 9.10. The summed E-state index contributed by atoms with van der Waals surface area (Å²) in [5.41, 5.74) is 0.0388. The molecular weight excluding hydrogens is 332 g/mol. The standard InChI is InChI=1S/C12H19BrN2O3S/c1-12(2)4-5-15(8-12)19(16,17)10-6-9(7-14-3)18-11(10)13/h6,14H,4-5,7-8H2,1-3H3. The van der Waals surface area contributed by atoms with Gasteiger partial charge in [0.25, 0.3) is 0 Å². The maximum absolute atomic E-state index is 12.6. The SMILES string of the molecule is CNCc1cc(S(=O)(=O)N2CCC(C)(C)C2)c(Br)o1. The molecule has 108 valence electrons. The Hall–Kier alpha value is -0.370. The van der Waals surface area contributed by atoms with E-state index >= 15 is 0 Å². The van der Waals surface area contributed by atoms with E-state index in [0.29, 0.717) is 25.4 Å². The summed E-state index contributed by atoms with van der Waals surface area (Å²) in [6.45, 7) is 5.78. The predicted molar refractivity (Wildman–Crippen MR) is 76.3 cm³/mol. The predicted octanol–water partition coefficient (Wildman–Crippen LogP) is 2.18. The van der Waals surface area contributed by atoms with Gasteiger partial charge in [0.05, 0.1) is 6.54 Å². The smallest absolute Gasteiger partial charge is 0.247 e. The lowest BCUT2D eigenvalue weighted by Gasteiger charge is -2.19. The van der Waals surface area contributed by atoms with E-state index in [-0.39, 0.29) is 15.0 Å². The molecule has 1 saturated heterocycles. The van der Waals surface area contributed by atoms with Crippen molar-refractivity contribution in [3.8, 4) is 0 Å². The summed E-state index contributed by atoms with van der Waals surface area (Å²) in [6, 6.07) is 1.58. The van der Waals surface area contributed by atoms with Crippen molar-refractivity contribution in [2.75, 3.05) is 20.1 Å². The third-order valence-electron chi connectivity index (χ3n) is 3.32. The number of hydrogen-bond acceptors (Lipinski definition) is 4.